The number of amides is 2. The predicted molar refractivity (Wildman–Crippen MR) is 72.8 cm³/mol. The van der Waals surface area contributed by atoms with Crippen LogP contribution in [0.15, 0.2) is 12.7 Å². The fraction of sp³-hybridized carbons (Fsp3) is 0.667. The van der Waals surface area contributed by atoms with Crippen molar-refractivity contribution in [1.29, 1.82) is 0 Å². The Kier molecular flexibility index (Phi) is 6.64. The molecule has 1 aliphatic rings. The van der Waals surface area contributed by atoms with E-state index in [2.05, 4.69) is 17.2 Å². The van der Waals surface area contributed by atoms with E-state index in [4.69, 9.17) is 5.11 Å². The van der Waals surface area contributed by atoms with Gasteiger partial charge in [0.1, 0.15) is 0 Å². The van der Waals surface area contributed by atoms with E-state index in [1.54, 1.807) is 11.8 Å². The van der Waals surface area contributed by atoms with E-state index in [-0.39, 0.29) is 12.1 Å². The number of hydrogen-bond acceptors (Lipinski definition) is 3. The Morgan fingerprint density at radius 1 is 1.44 bits per heavy atom. The Balaban J connectivity index is 2.19. The summed E-state index contributed by atoms with van der Waals surface area (Å²) in [6, 6.07) is -0.504. The number of rotatable bonds is 7. The molecule has 1 saturated carbocycles. The molecule has 2 atom stereocenters. The maximum absolute atomic E-state index is 11.6. The molecule has 3 N–H and O–H groups in total. The Bertz CT molecular complexity index is 310. The number of carboxylic acids is 1. The summed E-state index contributed by atoms with van der Waals surface area (Å²) in [6.07, 6.45) is 4.07. The van der Waals surface area contributed by atoms with E-state index in [1.165, 1.54) is 0 Å². The number of urea groups is 1. The van der Waals surface area contributed by atoms with Crippen molar-refractivity contribution in [2.45, 2.75) is 25.3 Å². The molecule has 0 saturated heterocycles. The molecule has 0 aromatic rings. The molecule has 18 heavy (non-hydrogen) atoms. The average Bonchev–Trinajstić information content (AvgIpc) is 2.77. The zero-order valence-corrected chi connectivity index (χ0v) is 11.2. The lowest BCUT2D eigenvalue weighted by Crippen LogP contribution is -2.45. The SMILES string of the molecule is C=CCSCCNC(=O)NC1CCCC1C(=O)O. The molecular formula is C12H20N2O3S. The van der Waals surface area contributed by atoms with E-state index in [0.29, 0.717) is 13.0 Å². The second-order valence-electron chi connectivity index (χ2n) is 4.25. The van der Waals surface area contributed by atoms with Gasteiger partial charge in [0.25, 0.3) is 0 Å². The third kappa shape index (κ3) is 5.00. The minimum absolute atomic E-state index is 0.233. The lowest BCUT2D eigenvalue weighted by molar-refractivity contribution is -0.142. The quantitative estimate of drug-likeness (QED) is 0.484. The Labute approximate surface area is 111 Å². The highest BCUT2D eigenvalue weighted by Crippen LogP contribution is 2.25. The van der Waals surface area contributed by atoms with Gasteiger partial charge in [-0.1, -0.05) is 12.5 Å². The van der Waals surface area contributed by atoms with Crippen molar-refractivity contribution in [1.82, 2.24) is 10.6 Å². The van der Waals surface area contributed by atoms with Crippen LogP contribution in [0.4, 0.5) is 4.79 Å². The van der Waals surface area contributed by atoms with Gasteiger partial charge in [-0.3, -0.25) is 4.79 Å². The first-order chi connectivity index (χ1) is 8.65. The van der Waals surface area contributed by atoms with Crippen molar-refractivity contribution in [3.63, 3.8) is 0 Å². The minimum Gasteiger partial charge on any atom is -0.481 e. The molecule has 1 fully saturated rings. The lowest BCUT2D eigenvalue weighted by Gasteiger charge is -2.17. The minimum atomic E-state index is -0.820. The smallest absolute Gasteiger partial charge is 0.315 e. The molecule has 0 aliphatic heterocycles. The fourth-order valence-electron chi connectivity index (χ4n) is 2.05. The van der Waals surface area contributed by atoms with Crippen molar-refractivity contribution in [2.24, 2.45) is 5.92 Å². The first kappa shape index (κ1) is 14.9. The summed E-state index contributed by atoms with van der Waals surface area (Å²) in [7, 11) is 0. The number of carbonyl (C=O) groups excluding carboxylic acids is 1. The highest BCUT2D eigenvalue weighted by Gasteiger charge is 2.33. The van der Waals surface area contributed by atoms with E-state index < -0.39 is 11.9 Å². The topological polar surface area (TPSA) is 78.4 Å². The molecule has 102 valence electrons. The fourth-order valence-corrected chi connectivity index (χ4v) is 2.63. The van der Waals surface area contributed by atoms with E-state index in [1.807, 2.05) is 6.08 Å². The normalized spacial score (nSPS) is 22.4. The van der Waals surface area contributed by atoms with Crippen LogP contribution in [0.25, 0.3) is 0 Å². The van der Waals surface area contributed by atoms with Gasteiger partial charge in [-0.15, -0.1) is 6.58 Å². The van der Waals surface area contributed by atoms with Crippen LogP contribution in [0, 0.1) is 5.92 Å². The van der Waals surface area contributed by atoms with Gasteiger partial charge in [0, 0.05) is 24.1 Å². The third-order valence-electron chi connectivity index (χ3n) is 2.92. The van der Waals surface area contributed by atoms with Gasteiger partial charge in [-0.05, 0) is 12.8 Å². The van der Waals surface area contributed by atoms with Gasteiger partial charge in [0.2, 0.25) is 0 Å². The summed E-state index contributed by atoms with van der Waals surface area (Å²) in [5.41, 5.74) is 0. The van der Waals surface area contributed by atoms with Crippen molar-refractivity contribution < 1.29 is 14.7 Å². The molecule has 5 nitrogen and oxygen atoms in total. The lowest BCUT2D eigenvalue weighted by atomic mass is 10.0. The molecule has 2 amide bonds. The van der Waals surface area contributed by atoms with Crippen molar-refractivity contribution in [3.8, 4) is 0 Å². The summed E-state index contributed by atoms with van der Waals surface area (Å²) >= 11 is 1.69. The highest BCUT2D eigenvalue weighted by molar-refractivity contribution is 7.99. The number of aliphatic carboxylic acids is 1. The van der Waals surface area contributed by atoms with Crippen LogP contribution in [0.3, 0.4) is 0 Å². The molecule has 0 aromatic heterocycles. The van der Waals surface area contributed by atoms with Gasteiger partial charge >= 0.3 is 12.0 Å². The van der Waals surface area contributed by atoms with Crippen molar-refractivity contribution >= 4 is 23.8 Å². The summed E-state index contributed by atoms with van der Waals surface area (Å²) < 4.78 is 0. The maximum Gasteiger partial charge on any atom is 0.315 e. The molecule has 2 unspecified atom stereocenters. The molecule has 0 bridgehead atoms. The molecule has 1 aliphatic carbocycles. The van der Waals surface area contributed by atoms with Crippen molar-refractivity contribution in [3.05, 3.63) is 12.7 Å². The van der Waals surface area contributed by atoms with Crippen LogP contribution in [0.5, 0.6) is 0 Å². The number of carboxylic acid groups (broad SMARTS) is 1. The first-order valence-electron chi connectivity index (χ1n) is 6.11. The van der Waals surface area contributed by atoms with Crippen LogP contribution < -0.4 is 10.6 Å². The summed E-state index contributed by atoms with van der Waals surface area (Å²) in [5.74, 6) is 0.435. The molecule has 0 radical (unpaired) electrons. The largest absolute Gasteiger partial charge is 0.481 e. The Morgan fingerprint density at radius 3 is 2.89 bits per heavy atom. The maximum atomic E-state index is 11.6. The van der Waals surface area contributed by atoms with Gasteiger partial charge in [0.05, 0.1) is 5.92 Å². The van der Waals surface area contributed by atoms with Crippen LogP contribution in [-0.4, -0.2) is 41.2 Å². The van der Waals surface area contributed by atoms with Gasteiger partial charge in [0.15, 0.2) is 0 Å². The predicted octanol–water partition coefficient (Wildman–Crippen LogP) is 1.46. The molecule has 6 heteroatoms. The van der Waals surface area contributed by atoms with Crippen LogP contribution >= 0.6 is 11.8 Å². The zero-order chi connectivity index (χ0) is 13.4. The summed E-state index contributed by atoms with van der Waals surface area (Å²) in [5, 5.41) is 14.5. The summed E-state index contributed by atoms with van der Waals surface area (Å²) in [6.45, 7) is 4.19. The summed E-state index contributed by atoms with van der Waals surface area (Å²) in [4.78, 5) is 22.5. The number of nitrogens with one attached hydrogen (secondary N) is 2. The van der Waals surface area contributed by atoms with Crippen molar-refractivity contribution in [2.75, 3.05) is 18.1 Å². The molecule has 0 heterocycles. The Hall–Kier alpha value is -1.17. The molecular weight excluding hydrogens is 252 g/mol. The van der Waals surface area contributed by atoms with Crippen LogP contribution in [0.1, 0.15) is 19.3 Å². The van der Waals surface area contributed by atoms with Crippen LogP contribution in [0.2, 0.25) is 0 Å². The zero-order valence-electron chi connectivity index (χ0n) is 10.4. The molecule has 0 aromatic carbocycles. The Morgan fingerprint density at radius 2 is 2.22 bits per heavy atom. The first-order valence-corrected chi connectivity index (χ1v) is 7.26. The van der Waals surface area contributed by atoms with E-state index >= 15 is 0 Å². The molecule has 1 rings (SSSR count). The monoisotopic (exact) mass is 272 g/mol. The average molecular weight is 272 g/mol. The van der Waals surface area contributed by atoms with E-state index in [9.17, 15) is 9.59 Å². The highest BCUT2D eigenvalue weighted by atomic mass is 32.2. The van der Waals surface area contributed by atoms with Gasteiger partial charge < -0.3 is 15.7 Å². The number of thioether (sulfide) groups is 1. The van der Waals surface area contributed by atoms with Crippen LogP contribution in [-0.2, 0) is 4.79 Å². The van der Waals surface area contributed by atoms with Gasteiger partial charge in [-0.25, -0.2) is 4.79 Å². The van der Waals surface area contributed by atoms with E-state index in [0.717, 1.165) is 24.3 Å². The second kappa shape index (κ2) is 8.02. The number of hydrogen-bond donors (Lipinski definition) is 3. The standard InChI is InChI=1S/C12H20N2O3S/c1-2-7-18-8-6-13-12(17)14-10-5-3-4-9(10)11(15)16/h2,9-10H,1,3-8H2,(H,15,16)(H2,13,14,17). The third-order valence-corrected chi connectivity index (χ3v) is 3.88. The second-order valence-corrected chi connectivity index (χ2v) is 5.40. The molecule has 0 spiro atoms. The van der Waals surface area contributed by atoms with Gasteiger partial charge in [-0.2, -0.15) is 11.8 Å². The number of carbonyl (C=O) groups is 2.